The van der Waals surface area contributed by atoms with Crippen LogP contribution in [0.5, 0.6) is 23.1 Å². The first-order valence-electron chi connectivity index (χ1n) is 8.62. The third-order valence-corrected chi connectivity index (χ3v) is 5.64. The standard InChI is InChI=1S/C20H18N4O4S/c1-25-10-7-12(26-2)16(13(8-10)27-3)15-11(9-21)19(22)28-20-17(15)18(23-24-20)14-5-4-6-29-14/h4-8,15H,22H2,1-3H3,(H,23,24). The van der Waals surface area contributed by atoms with Gasteiger partial charge in [0, 0.05) is 17.7 Å². The molecule has 9 heteroatoms. The van der Waals surface area contributed by atoms with Crippen molar-refractivity contribution in [3.05, 3.63) is 52.2 Å². The monoisotopic (exact) mass is 410 g/mol. The zero-order chi connectivity index (χ0) is 20.5. The molecule has 2 aromatic heterocycles. The Morgan fingerprint density at radius 1 is 1.17 bits per heavy atom. The third kappa shape index (κ3) is 2.94. The number of hydrogen-bond acceptors (Lipinski definition) is 8. The Morgan fingerprint density at radius 3 is 2.45 bits per heavy atom. The minimum Gasteiger partial charge on any atom is -0.496 e. The Balaban J connectivity index is 2.04. The number of hydrogen-bond donors (Lipinski definition) is 2. The summed E-state index contributed by atoms with van der Waals surface area (Å²) in [5.74, 6) is 1.27. The number of nitrogens with two attached hydrogens (primary N) is 1. The smallest absolute Gasteiger partial charge is 0.244 e. The number of rotatable bonds is 5. The minimum atomic E-state index is -0.601. The lowest BCUT2D eigenvalue weighted by Crippen LogP contribution is -2.21. The molecule has 0 aliphatic carbocycles. The number of H-pyrrole nitrogens is 1. The van der Waals surface area contributed by atoms with E-state index in [1.807, 2.05) is 17.5 Å². The van der Waals surface area contributed by atoms with Crippen LogP contribution in [0.2, 0.25) is 0 Å². The van der Waals surface area contributed by atoms with Crippen LogP contribution in [0.4, 0.5) is 0 Å². The highest BCUT2D eigenvalue weighted by atomic mass is 32.1. The van der Waals surface area contributed by atoms with E-state index < -0.39 is 5.92 Å². The van der Waals surface area contributed by atoms with Crippen LogP contribution in [0.15, 0.2) is 41.1 Å². The van der Waals surface area contributed by atoms with Crippen molar-refractivity contribution < 1.29 is 18.9 Å². The average Bonchev–Trinajstić information content (AvgIpc) is 3.41. The molecule has 148 valence electrons. The summed E-state index contributed by atoms with van der Waals surface area (Å²) >= 11 is 1.55. The lowest BCUT2D eigenvalue weighted by Gasteiger charge is -2.27. The molecule has 0 fully saturated rings. The molecule has 3 N–H and O–H groups in total. The third-order valence-electron chi connectivity index (χ3n) is 4.75. The second-order valence-corrected chi connectivity index (χ2v) is 7.11. The zero-order valence-corrected chi connectivity index (χ0v) is 16.8. The molecule has 8 nitrogen and oxygen atoms in total. The molecular weight excluding hydrogens is 392 g/mol. The van der Waals surface area contributed by atoms with Gasteiger partial charge in [0.15, 0.2) is 0 Å². The van der Waals surface area contributed by atoms with Gasteiger partial charge in [0.25, 0.3) is 0 Å². The molecule has 1 aromatic carbocycles. The van der Waals surface area contributed by atoms with E-state index in [2.05, 4.69) is 16.3 Å². The molecule has 3 heterocycles. The van der Waals surface area contributed by atoms with E-state index in [4.69, 9.17) is 24.7 Å². The molecule has 0 bridgehead atoms. The molecule has 0 saturated carbocycles. The maximum atomic E-state index is 9.90. The highest BCUT2D eigenvalue weighted by Crippen LogP contribution is 2.51. The van der Waals surface area contributed by atoms with Gasteiger partial charge in [-0.2, -0.15) is 5.26 Å². The van der Waals surface area contributed by atoms with Crippen LogP contribution in [0.3, 0.4) is 0 Å². The fourth-order valence-electron chi connectivity index (χ4n) is 3.46. The van der Waals surface area contributed by atoms with Crippen LogP contribution in [0, 0.1) is 11.3 Å². The number of ether oxygens (including phenoxy) is 4. The van der Waals surface area contributed by atoms with Gasteiger partial charge in [0.05, 0.1) is 43.4 Å². The normalized spacial score (nSPS) is 15.3. The molecule has 0 saturated heterocycles. The first-order valence-corrected chi connectivity index (χ1v) is 9.50. The molecule has 29 heavy (non-hydrogen) atoms. The lowest BCUT2D eigenvalue weighted by molar-refractivity contribution is 0.358. The summed E-state index contributed by atoms with van der Waals surface area (Å²) in [6.07, 6.45) is 0. The Bertz CT molecular complexity index is 1100. The molecule has 1 aliphatic rings. The van der Waals surface area contributed by atoms with Gasteiger partial charge < -0.3 is 24.7 Å². The van der Waals surface area contributed by atoms with Crippen LogP contribution in [0.1, 0.15) is 17.0 Å². The summed E-state index contributed by atoms with van der Waals surface area (Å²) < 4.78 is 22.3. The van der Waals surface area contributed by atoms with Crippen molar-refractivity contribution in [3.63, 3.8) is 0 Å². The summed E-state index contributed by atoms with van der Waals surface area (Å²) in [5.41, 5.74) is 8.41. The van der Waals surface area contributed by atoms with E-state index in [1.165, 1.54) is 0 Å². The fourth-order valence-corrected chi connectivity index (χ4v) is 4.19. The topological polar surface area (TPSA) is 115 Å². The number of nitriles is 1. The molecular formula is C20H18N4O4S. The summed E-state index contributed by atoms with van der Waals surface area (Å²) in [5, 5.41) is 19.2. The quantitative estimate of drug-likeness (QED) is 0.662. The van der Waals surface area contributed by atoms with Crippen molar-refractivity contribution in [2.45, 2.75) is 5.92 Å². The van der Waals surface area contributed by atoms with Gasteiger partial charge in [-0.25, -0.2) is 0 Å². The van der Waals surface area contributed by atoms with Crippen molar-refractivity contribution in [2.75, 3.05) is 21.3 Å². The van der Waals surface area contributed by atoms with Gasteiger partial charge in [-0.3, -0.25) is 5.10 Å². The number of nitrogens with zero attached hydrogens (tertiary/aromatic N) is 2. The predicted octanol–water partition coefficient (Wildman–Crippen LogP) is 3.38. The second kappa shape index (κ2) is 7.41. The fraction of sp³-hybridized carbons (Fsp3) is 0.200. The van der Waals surface area contributed by atoms with Gasteiger partial charge in [-0.05, 0) is 11.4 Å². The highest BCUT2D eigenvalue weighted by Gasteiger charge is 2.39. The van der Waals surface area contributed by atoms with Crippen LogP contribution in [-0.2, 0) is 0 Å². The zero-order valence-electron chi connectivity index (χ0n) is 16.0. The molecule has 1 unspecified atom stereocenters. The van der Waals surface area contributed by atoms with E-state index in [9.17, 15) is 5.26 Å². The minimum absolute atomic E-state index is 0.00541. The summed E-state index contributed by atoms with van der Waals surface area (Å²) in [6.45, 7) is 0. The van der Waals surface area contributed by atoms with Crippen molar-refractivity contribution in [2.24, 2.45) is 5.73 Å². The Hall–Kier alpha value is -3.64. The molecule has 0 spiro atoms. The summed E-state index contributed by atoms with van der Waals surface area (Å²) in [4.78, 5) is 0.955. The molecule has 3 aromatic rings. The average molecular weight is 410 g/mol. The number of thiophene rings is 1. The number of aromatic amines is 1. The largest absolute Gasteiger partial charge is 0.496 e. The van der Waals surface area contributed by atoms with E-state index in [-0.39, 0.29) is 11.5 Å². The van der Waals surface area contributed by atoms with Gasteiger partial charge in [-0.1, -0.05) is 6.07 Å². The first-order chi connectivity index (χ1) is 14.1. The Kier molecular flexibility index (Phi) is 4.78. The number of fused-ring (bicyclic) bond motifs is 1. The maximum absolute atomic E-state index is 9.90. The molecule has 0 radical (unpaired) electrons. The predicted molar refractivity (Wildman–Crippen MR) is 107 cm³/mol. The van der Waals surface area contributed by atoms with Crippen molar-refractivity contribution >= 4 is 11.3 Å². The van der Waals surface area contributed by atoms with Gasteiger partial charge >= 0.3 is 0 Å². The van der Waals surface area contributed by atoms with Crippen molar-refractivity contribution in [1.29, 1.82) is 5.26 Å². The van der Waals surface area contributed by atoms with E-state index in [0.717, 1.165) is 10.6 Å². The molecule has 4 rings (SSSR count). The Morgan fingerprint density at radius 2 is 1.90 bits per heavy atom. The van der Waals surface area contributed by atoms with Gasteiger partial charge in [0.1, 0.15) is 28.9 Å². The van der Waals surface area contributed by atoms with E-state index in [1.54, 1.807) is 44.8 Å². The lowest BCUT2D eigenvalue weighted by atomic mass is 9.82. The van der Waals surface area contributed by atoms with Gasteiger partial charge in [0.2, 0.25) is 11.8 Å². The number of allylic oxidation sites excluding steroid dienone is 1. The summed E-state index contributed by atoms with van der Waals surface area (Å²) in [6, 6.07) is 9.57. The van der Waals surface area contributed by atoms with Crippen LogP contribution in [0.25, 0.3) is 10.6 Å². The van der Waals surface area contributed by atoms with Crippen molar-refractivity contribution in [3.8, 4) is 39.8 Å². The Labute approximate surface area is 171 Å². The van der Waals surface area contributed by atoms with Gasteiger partial charge in [-0.15, -0.1) is 16.4 Å². The number of benzene rings is 1. The SMILES string of the molecule is COc1cc(OC)c(C2C(C#N)=C(N)Oc3n[nH]c(-c4cccs4)c32)c(OC)c1. The molecule has 1 atom stereocenters. The summed E-state index contributed by atoms with van der Waals surface area (Å²) in [7, 11) is 4.66. The van der Waals surface area contributed by atoms with E-state index in [0.29, 0.717) is 34.3 Å². The van der Waals surface area contributed by atoms with Crippen LogP contribution < -0.4 is 24.7 Å². The number of aromatic nitrogens is 2. The maximum Gasteiger partial charge on any atom is 0.244 e. The first kappa shape index (κ1) is 18.7. The second-order valence-electron chi connectivity index (χ2n) is 6.17. The molecule has 1 aliphatic heterocycles. The number of nitrogens with one attached hydrogen (secondary N) is 1. The van der Waals surface area contributed by atoms with Crippen LogP contribution >= 0.6 is 11.3 Å². The highest BCUT2D eigenvalue weighted by molar-refractivity contribution is 7.13. The van der Waals surface area contributed by atoms with Crippen molar-refractivity contribution in [1.82, 2.24) is 10.2 Å². The molecule has 0 amide bonds. The van der Waals surface area contributed by atoms with E-state index >= 15 is 0 Å². The van der Waals surface area contributed by atoms with Crippen LogP contribution in [-0.4, -0.2) is 31.5 Å². The number of methoxy groups -OCH3 is 3.